The minimum absolute atomic E-state index is 0.225. The molecule has 3 aromatic carbocycles. The number of nitrogens with one attached hydrogen (secondary N) is 1. The van der Waals surface area contributed by atoms with Gasteiger partial charge in [0.2, 0.25) is 5.91 Å². The summed E-state index contributed by atoms with van der Waals surface area (Å²) in [6.07, 6.45) is 6.26. The second kappa shape index (κ2) is 11.0. The average molecular weight is 470 g/mol. The molecule has 0 heterocycles. The van der Waals surface area contributed by atoms with Crippen molar-refractivity contribution < 1.29 is 19.1 Å². The molecule has 1 unspecified atom stereocenters. The van der Waals surface area contributed by atoms with Crippen molar-refractivity contribution in [2.75, 3.05) is 6.61 Å². The van der Waals surface area contributed by atoms with Crippen LogP contribution in [0.5, 0.6) is 5.75 Å². The Kier molecular flexibility index (Phi) is 7.66. The number of hydrogen-bond donors (Lipinski definition) is 1. The molecule has 1 atom stereocenters. The Morgan fingerprint density at radius 2 is 1.83 bits per heavy atom. The van der Waals surface area contributed by atoms with Gasteiger partial charge in [0.05, 0.1) is 6.61 Å². The number of hydrogen-bond acceptors (Lipinski definition) is 4. The van der Waals surface area contributed by atoms with Gasteiger partial charge in [-0.05, 0) is 71.3 Å². The van der Waals surface area contributed by atoms with Crippen molar-refractivity contribution in [3.05, 3.63) is 94.6 Å². The largest absolute Gasteiger partial charge is 0.489 e. The van der Waals surface area contributed by atoms with Crippen LogP contribution in [0.2, 0.25) is 0 Å². The number of amides is 1. The lowest BCUT2D eigenvalue weighted by Crippen LogP contribution is -2.33. The third-order valence-electron chi connectivity index (χ3n) is 6.10. The SMILES string of the molecule is CCOC(=O)C(NC(C)=O)c1ccccc1OCc1cc2c(c(-c3cccc(CC)c3)c1)CC=C2. The fourth-order valence-electron chi connectivity index (χ4n) is 4.44. The number of aryl methyl sites for hydroxylation is 1. The summed E-state index contributed by atoms with van der Waals surface area (Å²) in [5.74, 6) is -0.299. The summed E-state index contributed by atoms with van der Waals surface area (Å²) in [4.78, 5) is 24.4. The first-order valence-corrected chi connectivity index (χ1v) is 12.1. The van der Waals surface area contributed by atoms with Crippen LogP contribution in [0, 0.1) is 0 Å². The summed E-state index contributed by atoms with van der Waals surface area (Å²) >= 11 is 0. The van der Waals surface area contributed by atoms with Crippen molar-refractivity contribution in [1.82, 2.24) is 5.32 Å². The lowest BCUT2D eigenvalue weighted by molar-refractivity contribution is -0.147. The molecule has 1 aliphatic carbocycles. The first kappa shape index (κ1) is 24.3. The van der Waals surface area contributed by atoms with Crippen LogP contribution < -0.4 is 10.1 Å². The summed E-state index contributed by atoms with van der Waals surface area (Å²) in [5, 5.41) is 2.69. The third-order valence-corrected chi connectivity index (χ3v) is 6.10. The van der Waals surface area contributed by atoms with Gasteiger partial charge in [0.15, 0.2) is 6.04 Å². The molecular formula is C30H31NO4. The molecule has 4 rings (SSSR count). The molecule has 3 aromatic rings. The number of fused-ring (bicyclic) bond motifs is 1. The van der Waals surface area contributed by atoms with Gasteiger partial charge in [-0.15, -0.1) is 0 Å². The monoisotopic (exact) mass is 469 g/mol. The zero-order valence-corrected chi connectivity index (χ0v) is 20.5. The van der Waals surface area contributed by atoms with E-state index in [0.717, 1.165) is 18.4 Å². The molecule has 0 aromatic heterocycles. The van der Waals surface area contributed by atoms with Crippen LogP contribution in [0.3, 0.4) is 0 Å². The smallest absolute Gasteiger partial charge is 0.333 e. The summed E-state index contributed by atoms with van der Waals surface area (Å²) in [6, 6.07) is 19.3. The lowest BCUT2D eigenvalue weighted by Gasteiger charge is -2.20. The van der Waals surface area contributed by atoms with Crippen LogP contribution >= 0.6 is 0 Å². The molecule has 0 radical (unpaired) electrons. The molecule has 1 aliphatic rings. The summed E-state index contributed by atoms with van der Waals surface area (Å²) < 4.78 is 11.4. The predicted molar refractivity (Wildman–Crippen MR) is 138 cm³/mol. The van der Waals surface area contributed by atoms with Crippen LogP contribution in [0.25, 0.3) is 17.2 Å². The Morgan fingerprint density at radius 1 is 1.00 bits per heavy atom. The molecule has 1 amide bonds. The highest BCUT2D eigenvalue weighted by atomic mass is 16.5. The van der Waals surface area contributed by atoms with Gasteiger partial charge in [-0.25, -0.2) is 4.79 Å². The van der Waals surface area contributed by atoms with E-state index >= 15 is 0 Å². The predicted octanol–water partition coefficient (Wildman–Crippen LogP) is 5.80. The van der Waals surface area contributed by atoms with Gasteiger partial charge < -0.3 is 14.8 Å². The highest BCUT2D eigenvalue weighted by Gasteiger charge is 2.26. The Morgan fingerprint density at radius 3 is 2.60 bits per heavy atom. The van der Waals surface area contributed by atoms with E-state index < -0.39 is 12.0 Å². The van der Waals surface area contributed by atoms with Gasteiger partial charge in [-0.3, -0.25) is 4.79 Å². The fraction of sp³-hybridized carbons (Fsp3) is 0.267. The van der Waals surface area contributed by atoms with Crippen molar-refractivity contribution in [2.24, 2.45) is 0 Å². The van der Waals surface area contributed by atoms with Crippen molar-refractivity contribution in [3.63, 3.8) is 0 Å². The summed E-state index contributed by atoms with van der Waals surface area (Å²) in [6.45, 7) is 5.83. The number of ether oxygens (including phenoxy) is 2. The molecule has 0 fully saturated rings. The van der Waals surface area contributed by atoms with E-state index in [-0.39, 0.29) is 12.5 Å². The minimum Gasteiger partial charge on any atom is -0.489 e. The number of carbonyl (C=O) groups is 2. The average Bonchev–Trinajstić information content (AvgIpc) is 3.34. The Bertz CT molecular complexity index is 1260. The number of carbonyl (C=O) groups excluding carboxylic acids is 2. The maximum atomic E-state index is 12.6. The van der Waals surface area contributed by atoms with Crippen LogP contribution in [0.4, 0.5) is 0 Å². The molecular weight excluding hydrogens is 438 g/mol. The van der Waals surface area contributed by atoms with Gasteiger partial charge in [0.25, 0.3) is 0 Å². The third kappa shape index (κ3) is 5.62. The molecule has 0 bridgehead atoms. The first-order valence-electron chi connectivity index (χ1n) is 12.1. The molecule has 5 nitrogen and oxygen atoms in total. The maximum absolute atomic E-state index is 12.6. The van der Waals surface area contributed by atoms with Crippen LogP contribution in [-0.4, -0.2) is 18.5 Å². The molecule has 0 saturated heterocycles. The number of benzene rings is 3. The Balaban J connectivity index is 1.64. The van der Waals surface area contributed by atoms with Crippen LogP contribution in [-0.2, 0) is 33.8 Å². The molecule has 180 valence electrons. The van der Waals surface area contributed by atoms with Gasteiger partial charge in [0.1, 0.15) is 12.4 Å². The summed E-state index contributed by atoms with van der Waals surface area (Å²) in [5.41, 5.74) is 7.87. The maximum Gasteiger partial charge on any atom is 0.333 e. The number of rotatable bonds is 9. The van der Waals surface area contributed by atoms with Gasteiger partial charge in [-0.1, -0.05) is 61.5 Å². The van der Waals surface area contributed by atoms with E-state index in [1.54, 1.807) is 13.0 Å². The molecule has 0 aliphatic heterocycles. The number of allylic oxidation sites excluding steroid dienone is 1. The van der Waals surface area contributed by atoms with E-state index in [9.17, 15) is 9.59 Å². The van der Waals surface area contributed by atoms with Gasteiger partial charge in [-0.2, -0.15) is 0 Å². The highest BCUT2D eigenvalue weighted by Crippen LogP contribution is 2.34. The van der Waals surface area contributed by atoms with E-state index in [4.69, 9.17) is 9.47 Å². The lowest BCUT2D eigenvalue weighted by atomic mass is 9.93. The second-order valence-electron chi connectivity index (χ2n) is 8.58. The number of para-hydroxylation sites is 1. The molecule has 5 heteroatoms. The van der Waals surface area contributed by atoms with Crippen molar-refractivity contribution in [1.29, 1.82) is 0 Å². The van der Waals surface area contributed by atoms with Crippen molar-refractivity contribution in [2.45, 2.75) is 46.3 Å². The highest BCUT2D eigenvalue weighted by molar-refractivity contribution is 5.85. The molecule has 1 N–H and O–H groups in total. The van der Waals surface area contributed by atoms with E-state index in [1.165, 1.54) is 34.7 Å². The quantitative estimate of drug-likeness (QED) is 0.402. The standard InChI is InChI=1S/C30H31NO4/c1-4-21-10-8-11-24(16-21)27-18-22(17-23-12-9-14-25(23)27)19-35-28-15-7-6-13-26(28)29(31-20(3)32)30(33)34-5-2/h6-13,15-18,29H,4-5,14,19H2,1-3H3,(H,31,32). The normalized spacial score (nSPS) is 12.7. The van der Waals surface area contributed by atoms with Gasteiger partial charge in [0, 0.05) is 12.5 Å². The minimum atomic E-state index is -0.932. The first-order chi connectivity index (χ1) is 17.0. The second-order valence-corrected chi connectivity index (χ2v) is 8.58. The van der Waals surface area contributed by atoms with E-state index in [1.807, 2.05) is 18.2 Å². The molecule has 0 saturated carbocycles. The zero-order valence-electron chi connectivity index (χ0n) is 20.5. The topological polar surface area (TPSA) is 64.6 Å². The molecule has 0 spiro atoms. The number of esters is 1. The van der Waals surface area contributed by atoms with E-state index in [0.29, 0.717) is 17.9 Å². The van der Waals surface area contributed by atoms with Gasteiger partial charge >= 0.3 is 5.97 Å². The van der Waals surface area contributed by atoms with Crippen LogP contribution in [0.1, 0.15) is 54.6 Å². The van der Waals surface area contributed by atoms with Crippen molar-refractivity contribution >= 4 is 18.0 Å². The van der Waals surface area contributed by atoms with E-state index in [2.05, 4.69) is 60.8 Å². The Hall–Kier alpha value is -3.86. The van der Waals surface area contributed by atoms with Crippen molar-refractivity contribution in [3.8, 4) is 16.9 Å². The Labute approximate surface area is 206 Å². The van der Waals surface area contributed by atoms with Crippen LogP contribution in [0.15, 0.2) is 66.7 Å². The zero-order chi connectivity index (χ0) is 24.8. The molecule has 35 heavy (non-hydrogen) atoms. The fourth-order valence-corrected chi connectivity index (χ4v) is 4.44. The summed E-state index contributed by atoms with van der Waals surface area (Å²) in [7, 11) is 0.